The van der Waals surface area contributed by atoms with Crippen molar-refractivity contribution in [2.24, 2.45) is 0 Å². The van der Waals surface area contributed by atoms with Crippen molar-refractivity contribution >= 4 is 11.6 Å². The minimum absolute atomic E-state index is 0.0568. The average Bonchev–Trinajstić information content (AvgIpc) is 3.53. The molecule has 0 bridgehead atoms. The zero-order chi connectivity index (χ0) is 21.3. The maximum atomic E-state index is 13.2. The SMILES string of the molecule is Cc1ccc(-n2nc(C)c(NC(=O)CN(Cc3ccc(F)cc3)C3CC3)c2C)cc1. The van der Waals surface area contributed by atoms with Crippen molar-refractivity contribution in [1.82, 2.24) is 14.7 Å². The van der Waals surface area contributed by atoms with Crippen LogP contribution in [0.25, 0.3) is 5.69 Å². The molecule has 2 aromatic carbocycles. The van der Waals surface area contributed by atoms with E-state index in [-0.39, 0.29) is 11.7 Å². The van der Waals surface area contributed by atoms with E-state index < -0.39 is 0 Å². The van der Waals surface area contributed by atoms with E-state index in [1.54, 1.807) is 12.1 Å². The molecule has 0 radical (unpaired) electrons. The van der Waals surface area contributed by atoms with E-state index >= 15 is 0 Å². The van der Waals surface area contributed by atoms with Gasteiger partial charge in [-0.3, -0.25) is 9.69 Å². The Hall–Kier alpha value is -2.99. The number of hydrogen-bond donors (Lipinski definition) is 1. The molecule has 1 aliphatic carbocycles. The summed E-state index contributed by atoms with van der Waals surface area (Å²) in [5.41, 5.74) is 5.63. The number of amides is 1. The molecule has 1 aromatic heterocycles. The van der Waals surface area contributed by atoms with Gasteiger partial charge >= 0.3 is 0 Å². The first-order valence-corrected chi connectivity index (χ1v) is 10.3. The molecule has 1 N–H and O–H groups in total. The van der Waals surface area contributed by atoms with Crippen molar-refractivity contribution in [1.29, 1.82) is 0 Å². The van der Waals surface area contributed by atoms with Crippen LogP contribution in [0.1, 0.15) is 35.4 Å². The van der Waals surface area contributed by atoms with Gasteiger partial charge in [-0.25, -0.2) is 9.07 Å². The molecular weight excluding hydrogens is 379 g/mol. The van der Waals surface area contributed by atoms with Crippen LogP contribution < -0.4 is 5.32 Å². The predicted octanol–water partition coefficient (Wildman–Crippen LogP) is 4.54. The summed E-state index contributed by atoms with van der Waals surface area (Å²) in [6.07, 6.45) is 2.19. The molecule has 6 heteroatoms. The highest BCUT2D eigenvalue weighted by Crippen LogP contribution is 2.29. The van der Waals surface area contributed by atoms with Crippen molar-refractivity contribution in [3.63, 3.8) is 0 Å². The van der Waals surface area contributed by atoms with Gasteiger partial charge in [0.05, 0.1) is 29.3 Å². The summed E-state index contributed by atoms with van der Waals surface area (Å²) in [5, 5.41) is 7.68. The molecule has 30 heavy (non-hydrogen) atoms. The number of benzene rings is 2. The van der Waals surface area contributed by atoms with E-state index in [0.29, 0.717) is 19.1 Å². The number of carbonyl (C=O) groups is 1. The van der Waals surface area contributed by atoms with Gasteiger partial charge < -0.3 is 5.32 Å². The van der Waals surface area contributed by atoms with Crippen molar-refractivity contribution < 1.29 is 9.18 Å². The Morgan fingerprint density at radius 1 is 1.10 bits per heavy atom. The van der Waals surface area contributed by atoms with Gasteiger partial charge in [-0.1, -0.05) is 29.8 Å². The van der Waals surface area contributed by atoms with Crippen LogP contribution in [0.4, 0.5) is 10.1 Å². The molecule has 0 spiro atoms. The largest absolute Gasteiger partial charge is 0.322 e. The molecule has 0 aliphatic heterocycles. The van der Waals surface area contributed by atoms with Gasteiger partial charge in [0.25, 0.3) is 0 Å². The van der Waals surface area contributed by atoms with Gasteiger partial charge in [0.2, 0.25) is 5.91 Å². The van der Waals surface area contributed by atoms with Gasteiger partial charge in [-0.2, -0.15) is 5.10 Å². The third-order valence-electron chi connectivity index (χ3n) is 5.54. The second-order valence-electron chi connectivity index (χ2n) is 8.10. The summed E-state index contributed by atoms with van der Waals surface area (Å²) in [6, 6.07) is 15.1. The molecular formula is C24H27FN4O. The fourth-order valence-electron chi connectivity index (χ4n) is 3.70. The highest BCUT2D eigenvalue weighted by molar-refractivity contribution is 5.93. The third kappa shape index (κ3) is 4.60. The lowest BCUT2D eigenvalue weighted by atomic mass is 10.2. The van der Waals surface area contributed by atoms with Crippen molar-refractivity contribution in [3.05, 3.63) is 76.9 Å². The van der Waals surface area contributed by atoms with E-state index in [0.717, 1.165) is 41.2 Å². The standard InChI is InChI=1S/C24H27FN4O/c1-16-4-10-22(11-5-16)29-18(3)24(17(2)27-29)26-23(30)15-28(21-12-13-21)14-19-6-8-20(25)9-7-19/h4-11,21H,12-15H2,1-3H3,(H,26,30). The van der Waals surface area contributed by atoms with E-state index in [4.69, 9.17) is 0 Å². The Morgan fingerprint density at radius 2 is 1.77 bits per heavy atom. The maximum absolute atomic E-state index is 13.2. The van der Waals surface area contributed by atoms with Crippen molar-refractivity contribution in [3.8, 4) is 5.69 Å². The van der Waals surface area contributed by atoms with Crippen LogP contribution in [-0.4, -0.2) is 33.2 Å². The average molecular weight is 407 g/mol. The number of nitrogens with one attached hydrogen (secondary N) is 1. The second-order valence-corrected chi connectivity index (χ2v) is 8.10. The Labute approximate surface area is 176 Å². The van der Waals surface area contributed by atoms with Crippen LogP contribution in [0, 0.1) is 26.6 Å². The maximum Gasteiger partial charge on any atom is 0.238 e. The normalized spacial score (nSPS) is 13.6. The van der Waals surface area contributed by atoms with Crippen molar-refractivity contribution in [2.75, 3.05) is 11.9 Å². The van der Waals surface area contributed by atoms with Crippen LogP contribution >= 0.6 is 0 Å². The molecule has 3 aromatic rings. The molecule has 4 rings (SSSR count). The first-order valence-electron chi connectivity index (χ1n) is 10.3. The number of nitrogens with zero attached hydrogens (tertiary/aromatic N) is 3. The first-order chi connectivity index (χ1) is 14.4. The number of anilines is 1. The summed E-state index contributed by atoms with van der Waals surface area (Å²) < 4.78 is 15.0. The van der Waals surface area contributed by atoms with Gasteiger partial charge in [0, 0.05) is 12.6 Å². The fourth-order valence-corrected chi connectivity index (χ4v) is 3.70. The molecule has 0 saturated heterocycles. The number of rotatable bonds is 7. The minimum Gasteiger partial charge on any atom is -0.322 e. The highest BCUT2D eigenvalue weighted by Gasteiger charge is 2.30. The zero-order valence-electron chi connectivity index (χ0n) is 17.7. The summed E-state index contributed by atoms with van der Waals surface area (Å²) in [7, 11) is 0. The van der Waals surface area contributed by atoms with E-state index in [9.17, 15) is 9.18 Å². The summed E-state index contributed by atoms with van der Waals surface area (Å²) in [4.78, 5) is 15.0. The van der Waals surface area contributed by atoms with Crippen molar-refractivity contribution in [2.45, 2.75) is 46.2 Å². The monoisotopic (exact) mass is 406 g/mol. The molecule has 0 atom stereocenters. The third-order valence-corrected chi connectivity index (χ3v) is 5.54. The first kappa shape index (κ1) is 20.3. The topological polar surface area (TPSA) is 50.2 Å². The van der Waals surface area contributed by atoms with Gasteiger partial charge in [-0.15, -0.1) is 0 Å². The van der Waals surface area contributed by atoms with Crippen LogP contribution in [0.5, 0.6) is 0 Å². The summed E-state index contributed by atoms with van der Waals surface area (Å²) in [5.74, 6) is -0.301. The van der Waals surface area contributed by atoms with Gasteiger partial charge in [-0.05, 0) is 63.4 Å². The molecule has 1 fully saturated rings. The molecule has 0 unspecified atom stereocenters. The van der Waals surface area contributed by atoms with Gasteiger partial charge in [0.15, 0.2) is 0 Å². The second kappa shape index (κ2) is 8.40. The lowest BCUT2D eigenvalue weighted by molar-refractivity contribution is -0.117. The lowest BCUT2D eigenvalue weighted by Crippen LogP contribution is -2.34. The molecule has 5 nitrogen and oxygen atoms in total. The van der Waals surface area contributed by atoms with Gasteiger partial charge in [0.1, 0.15) is 5.82 Å². The fraction of sp³-hybridized carbons (Fsp3) is 0.333. The molecule has 1 aliphatic rings. The minimum atomic E-state index is -0.244. The number of hydrogen-bond acceptors (Lipinski definition) is 3. The van der Waals surface area contributed by atoms with Crippen LogP contribution in [-0.2, 0) is 11.3 Å². The van der Waals surface area contributed by atoms with Crippen LogP contribution in [0.3, 0.4) is 0 Å². The lowest BCUT2D eigenvalue weighted by Gasteiger charge is -2.21. The van der Waals surface area contributed by atoms with E-state index in [1.165, 1.54) is 17.7 Å². The highest BCUT2D eigenvalue weighted by atomic mass is 19.1. The predicted molar refractivity (Wildman–Crippen MR) is 116 cm³/mol. The quantitative estimate of drug-likeness (QED) is 0.627. The number of aromatic nitrogens is 2. The smallest absolute Gasteiger partial charge is 0.238 e. The Balaban J connectivity index is 1.46. The summed E-state index contributed by atoms with van der Waals surface area (Å²) >= 11 is 0. The Bertz CT molecular complexity index is 1040. The zero-order valence-corrected chi connectivity index (χ0v) is 17.7. The number of aryl methyl sites for hydroxylation is 2. The number of carbonyl (C=O) groups excluding carboxylic acids is 1. The summed E-state index contributed by atoms with van der Waals surface area (Å²) in [6.45, 7) is 6.86. The molecule has 1 saturated carbocycles. The molecule has 156 valence electrons. The van der Waals surface area contributed by atoms with Crippen LogP contribution in [0.15, 0.2) is 48.5 Å². The number of halogens is 1. The van der Waals surface area contributed by atoms with E-state index in [2.05, 4.69) is 15.3 Å². The van der Waals surface area contributed by atoms with Crippen LogP contribution in [0.2, 0.25) is 0 Å². The Morgan fingerprint density at radius 3 is 2.40 bits per heavy atom. The molecule has 1 heterocycles. The molecule has 1 amide bonds. The van der Waals surface area contributed by atoms with E-state index in [1.807, 2.05) is 49.7 Å². The Kier molecular flexibility index (Phi) is 5.68.